The molecule has 0 amide bonds. The SMILES string of the molecule is Cc1cccc(CNc2ccccc2CCl)c1. The van der Waals surface area contributed by atoms with E-state index in [1.54, 1.807) is 0 Å². The van der Waals surface area contributed by atoms with Gasteiger partial charge >= 0.3 is 0 Å². The summed E-state index contributed by atoms with van der Waals surface area (Å²) in [4.78, 5) is 0. The van der Waals surface area contributed by atoms with E-state index in [2.05, 4.69) is 42.6 Å². The third kappa shape index (κ3) is 3.24. The molecule has 1 N–H and O–H groups in total. The third-order valence-electron chi connectivity index (χ3n) is 2.73. The molecule has 2 aromatic carbocycles. The molecule has 0 aliphatic carbocycles. The van der Waals surface area contributed by atoms with Gasteiger partial charge in [-0.05, 0) is 24.1 Å². The van der Waals surface area contributed by atoms with Gasteiger partial charge in [-0.15, -0.1) is 11.6 Å². The van der Waals surface area contributed by atoms with Crippen molar-refractivity contribution in [2.45, 2.75) is 19.3 Å². The number of alkyl halides is 1. The summed E-state index contributed by atoms with van der Waals surface area (Å²) in [7, 11) is 0. The average molecular weight is 246 g/mol. The van der Waals surface area contributed by atoms with Crippen LogP contribution in [0.5, 0.6) is 0 Å². The van der Waals surface area contributed by atoms with Gasteiger partial charge in [0.2, 0.25) is 0 Å². The Bertz CT molecular complexity index is 494. The number of aryl methyl sites for hydroxylation is 1. The Balaban J connectivity index is 2.07. The number of anilines is 1. The summed E-state index contributed by atoms with van der Waals surface area (Å²) in [5.41, 5.74) is 4.83. The fourth-order valence-electron chi connectivity index (χ4n) is 1.83. The van der Waals surface area contributed by atoms with Gasteiger partial charge in [-0.25, -0.2) is 0 Å². The molecule has 1 nitrogen and oxygen atoms in total. The van der Waals surface area contributed by atoms with Gasteiger partial charge in [0.05, 0.1) is 0 Å². The lowest BCUT2D eigenvalue weighted by Crippen LogP contribution is -2.01. The Labute approximate surface area is 107 Å². The number of benzene rings is 2. The van der Waals surface area contributed by atoms with Gasteiger partial charge in [0.25, 0.3) is 0 Å². The van der Waals surface area contributed by atoms with E-state index in [0.717, 1.165) is 17.8 Å². The second kappa shape index (κ2) is 5.74. The second-order valence-electron chi connectivity index (χ2n) is 4.13. The first-order chi connectivity index (χ1) is 8.29. The Kier molecular flexibility index (Phi) is 4.05. The van der Waals surface area contributed by atoms with Gasteiger partial charge in [0.1, 0.15) is 0 Å². The molecule has 0 aromatic heterocycles. The highest BCUT2D eigenvalue weighted by molar-refractivity contribution is 6.17. The van der Waals surface area contributed by atoms with Crippen LogP contribution in [0, 0.1) is 6.92 Å². The zero-order valence-corrected chi connectivity index (χ0v) is 10.7. The highest BCUT2D eigenvalue weighted by Crippen LogP contribution is 2.18. The fraction of sp³-hybridized carbons (Fsp3) is 0.200. The van der Waals surface area contributed by atoms with Crippen LogP contribution in [0.4, 0.5) is 5.69 Å². The number of halogens is 1. The van der Waals surface area contributed by atoms with Gasteiger partial charge in [0, 0.05) is 18.1 Å². The molecule has 0 spiro atoms. The van der Waals surface area contributed by atoms with Crippen LogP contribution < -0.4 is 5.32 Å². The normalized spacial score (nSPS) is 10.2. The molecule has 0 radical (unpaired) electrons. The molecule has 0 saturated carbocycles. The first-order valence-corrected chi connectivity index (χ1v) is 6.26. The van der Waals surface area contributed by atoms with Crippen LogP contribution in [0.1, 0.15) is 16.7 Å². The summed E-state index contributed by atoms with van der Waals surface area (Å²) in [6.07, 6.45) is 0. The van der Waals surface area contributed by atoms with Crippen LogP contribution in [-0.2, 0) is 12.4 Å². The third-order valence-corrected chi connectivity index (χ3v) is 3.01. The number of para-hydroxylation sites is 1. The van der Waals surface area contributed by atoms with E-state index in [0.29, 0.717) is 5.88 Å². The maximum Gasteiger partial charge on any atom is 0.0494 e. The maximum atomic E-state index is 5.90. The van der Waals surface area contributed by atoms with Crippen molar-refractivity contribution in [2.24, 2.45) is 0 Å². The van der Waals surface area contributed by atoms with E-state index in [1.165, 1.54) is 11.1 Å². The van der Waals surface area contributed by atoms with Crippen LogP contribution in [0.3, 0.4) is 0 Å². The van der Waals surface area contributed by atoms with Crippen LogP contribution >= 0.6 is 11.6 Å². The van der Waals surface area contributed by atoms with Crippen molar-refractivity contribution in [2.75, 3.05) is 5.32 Å². The number of hydrogen-bond acceptors (Lipinski definition) is 1. The van der Waals surface area contributed by atoms with Crippen molar-refractivity contribution >= 4 is 17.3 Å². The molecule has 17 heavy (non-hydrogen) atoms. The predicted molar refractivity (Wildman–Crippen MR) is 74.5 cm³/mol. The molecule has 88 valence electrons. The summed E-state index contributed by atoms with van der Waals surface area (Å²) in [6.45, 7) is 2.94. The molecule has 0 fully saturated rings. The van der Waals surface area contributed by atoms with Gasteiger partial charge < -0.3 is 5.32 Å². The number of hydrogen-bond donors (Lipinski definition) is 1. The smallest absolute Gasteiger partial charge is 0.0494 e. The molecular formula is C15H16ClN. The minimum atomic E-state index is 0.539. The quantitative estimate of drug-likeness (QED) is 0.790. The Morgan fingerprint density at radius 3 is 2.65 bits per heavy atom. The summed E-state index contributed by atoms with van der Waals surface area (Å²) in [5.74, 6) is 0.539. The molecule has 0 atom stereocenters. The maximum absolute atomic E-state index is 5.90. The van der Waals surface area contributed by atoms with Crippen LogP contribution in [-0.4, -0.2) is 0 Å². The topological polar surface area (TPSA) is 12.0 Å². The van der Waals surface area contributed by atoms with Gasteiger partial charge in [-0.2, -0.15) is 0 Å². The van der Waals surface area contributed by atoms with Crippen molar-refractivity contribution in [3.8, 4) is 0 Å². The van der Waals surface area contributed by atoms with E-state index in [-0.39, 0.29) is 0 Å². The van der Waals surface area contributed by atoms with E-state index in [9.17, 15) is 0 Å². The molecule has 2 heteroatoms. The number of nitrogens with one attached hydrogen (secondary N) is 1. The molecule has 0 aliphatic heterocycles. The highest BCUT2D eigenvalue weighted by atomic mass is 35.5. The minimum Gasteiger partial charge on any atom is -0.381 e. The second-order valence-corrected chi connectivity index (χ2v) is 4.40. The summed E-state index contributed by atoms with van der Waals surface area (Å²) < 4.78 is 0. The summed E-state index contributed by atoms with van der Waals surface area (Å²) in [6, 6.07) is 16.7. The molecular weight excluding hydrogens is 230 g/mol. The van der Waals surface area contributed by atoms with Crippen molar-refractivity contribution in [3.63, 3.8) is 0 Å². The molecule has 0 heterocycles. The van der Waals surface area contributed by atoms with Crippen molar-refractivity contribution in [1.29, 1.82) is 0 Å². The first-order valence-electron chi connectivity index (χ1n) is 5.73. The zero-order chi connectivity index (χ0) is 12.1. The first kappa shape index (κ1) is 12.0. The van der Waals surface area contributed by atoms with Gasteiger partial charge in [-0.3, -0.25) is 0 Å². The predicted octanol–water partition coefficient (Wildman–Crippen LogP) is 4.35. The summed E-state index contributed by atoms with van der Waals surface area (Å²) in [5, 5.41) is 3.42. The Morgan fingerprint density at radius 1 is 1.06 bits per heavy atom. The van der Waals surface area contributed by atoms with Crippen molar-refractivity contribution < 1.29 is 0 Å². The molecule has 2 aromatic rings. The fourth-order valence-corrected chi connectivity index (χ4v) is 2.06. The Hall–Kier alpha value is -1.47. The van der Waals surface area contributed by atoms with Crippen LogP contribution in [0.15, 0.2) is 48.5 Å². The lowest BCUT2D eigenvalue weighted by molar-refractivity contribution is 1.13. The number of rotatable bonds is 4. The average Bonchev–Trinajstić information content (AvgIpc) is 2.37. The highest BCUT2D eigenvalue weighted by Gasteiger charge is 1.99. The standard InChI is InChI=1S/C15H16ClN/c1-12-5-4-6-13(9-12)11-17-15-8-3-2-7-14(15)10-16/h2-9,17H,10-11H2,1H3. The molecule has 0 unspecified atom stereocenters. The van der Waals surface area contributed by atoms with Gasteiger partial charge in [-0.1, -0.05) is 48.0 Å². The van der Waals surface area contributed by atoms with E-state index in [4.69, 9.17) is 11.6 Å². The monoisotopic (exact) mass is 245 g/mol. The molecule has 0 saturated heterocycles. The minimum absolute atomic E-state index is 0.539. The summed E-state index contributed by atoms with van der Waals surface area (Å²) >= 11 is 5.90. The zero-order valence-electron chi connectivity index (χ0n) is 9.91. The van der Waals surface area contributed by atoms with Gasteiger partial charge in [0.15, 0.2) is 0 Å². The van der Waals surface area contributed by atoms with Crippen LogP contribution in [0.25, 0.3) is 0 Å². The largest absolute Gasteiger partial charge is 0.381 e. The molecule has 0 aliphatic rings. The van der Waals surface area contributed by atoms with E-state index >= 15 is 0 Å². The van der Waals surface area contributed by atoms with E-state index < -0.39 is 0 Å². The van der Waals surface area contributed by atoms with Crippen LogP contribution in [0.2, 0.25) is 0 Å². The molecule has 0 bridgehead atoms. The van der Waals surface area contributed by atoms with Crippen molar-refractivity contribution in [1.82, 2.24) is 0 Å². The Morgan fingerprint density at radius 2 is 1.88 bits per heavy atom. The lowest BCUT2D eigenvalue weighted by atomic mass is 10.1. The van der Waals surface area contributed by atoms with E-state index in [1.807, 2.05) is 18.2 Å². The van der Waals surface area contributed by atoms with Crippen molar-refractivity contribution in [3.05, 3.63) is 65.2 Å². The lowest BCUT2D eigenvalue weighted by Gasteiger charge is -2.10. The molecule has 2 rings (SSSR count).